The van der Waals surface area contributed by atoms with Crippen LogP contribution in [0.3, 0.4) is 0 Å². The fourth-order valence-electron chi connectivity index (χ4n) is 2.67. The maximum absolute atomic E-state index is 11.4. The average Bonchev–Trinajstić information content (AvgIpc) is 2.67. The lowest BCUT2D eigenvalue weighted by molar-refractivity contribution is 0.100. The van der Waals surface area contributed by atoms with Crippen molar-refractivity contribution in [3.8, 4) is 0 Å². The van der Waals surface area contributed by atoms with Gasteiger partial charge in [-0.25, -0.2) is 0 Å². The zero-order valence-electron chi connectivity index (χ0n) is 10.3. The van der Waals surface area contributed by atoms with Gasteiger partial charge in [0.25, 0.3) is 0 Å². The van der Waals surface area contributed by atoms with Crippen LogP contribution < -0.4 is 5.73 Å². The molecule has 1 aliphatic carbocycles. The molecule has 0 aliphatic heterocycles. The first-order valence-electron chi connectivity index (χ1n) is 6.64. The summed E-state index contributed by atoms with van der Waals surface area (Å²) < 4.78 is 0. The van der Waals surface area contributed by atoms with Crippen molar-refractivity contribution in [3.05, 3.63) is 35.4 Å². The quantitative estimate of drug-likeness (QED) is 0.641. The predicted octanol–water partition coefficient (Wildman–Crippen LogP) is 3.27. The number of hydrogen-bond donors (Lipinski definition) is 1. The van der Waals surface area contributed by atoms with Gasteiger partial charge in [-0.3, -0.25) is 4.79 Å². The Balaban J connectivity index is 2.08. The molecule has 2 heteroatoms. The second-order valence-electron chi connectivity index (χ2n) is 4.94. The van der Waals surface area contributed by atoms with Gasteiger partial charge in [0.1, 0.15) is 0 Å². The zero-order valence-corrected chi connectivity index (χ0v) is 10.3. The SMILES string of the molecule is NCC(=O)c1ccc(C2CCCCCC2)cc1. The number of carbonyl (C=O) groups excluding carboxylic acids is 1. The molecule has 2 rings (SSSR count). The molecule has 0 aromatic heterocycles. The molecule has 0 bridgehead atoms. The van der Waals surface area contributed by atoms with Crippen LogP contribution in [0.25, 0.3) is 0 Å². The Morgan fingerprint density at radius 2 is 1.65 bits per heavy atom. The molecule has 1 saturated carbocycles. The predicted molar refractivity (Wildman–Crippen MR) is 70.3 cm³/mol. The van der Waals surface area contributed by atoms with Crippen LogP contribution in [0.5, 0.6) is 0 Å². The van der Waals surface area contributed by atoms with Crippen LogP contribution in [-0.2, 0) is 0 Å². The summed E-state index contributed by atoms with van der Waals surface area (Å²) >= 11 is 0. The largest absolute Gasteiger partial charge is 0.324 e. The van der Waals surface area contributed by atoms with E-state index in [0.717, 1.165) is 5.56 Å². The number of benzene rings is 1. The van der Waals surface area contributed by atoms with Crippen LogP contribution in [-0.4, -0.2) is 12.3 Å². The van der Waals surface area contributed by atoms with Crippen molar-refractivity contribution in [1.82, 2.24) is 0 Å². The Labute approximate surface area is 103 Å². The third-order valence-corrected chi connectivity index (χ3v) is 3.74. The summed E-state index contributed by atoms with van der Waals surface area (Å²) in [6, 6.07) is 8.07. The molecule has 1 aliphatic rings. The van der Waals surface area contributed by atoms with E-state index in [-0.39, 0.29) is 12.3 Å². The minimum absolute atomic E-state index is 0.0254. The number of rotatable bonds is 3. The Morgan fingerprint density at radius 1 is 1.06 bits per heavy atom. The van der Waals surface area contributed by atoms with E-state index in [1.165, 1.54) is 44.1 Å². The first kappa shape index (κ1) is 12.3. The first-order chi connectivity index (χ1) is 8.31. The highest BCUT2D eigenvalue weighted by molar-refractivity contribution is 5.97. The van der Waals surface area contributed by atoms with Crippen LogP contribution in [0.4, 0.5) is 0 Å². The maximum Gasteiger partial charge on any atom is 0.176 e. The molecule has 0 spiro atoms. The van der Waals surface area contributed by atoms with Crippen molar-refractivity contribution in [1.29, 1.82) is 0 Å². The minimum Gasteiger partial charge on any atom is -0.324 e. The topological polar surface area (TPSA) is 43.1 Å². The van der Waals surface area contributed by atoms with Crippen molar-refractivity contribution in [2.24, 2.45) is 5.73 Å². The highest BCUT2D eigenvalue weighted by Gasteiger charge is 2.14. The first-order valence-corrected chi connectivity index (χ1v) is 6.64. The second kappa shape index (κ2) is 5.97. The fraction of sp³-hybridized carbons (Fsp3) is 0.533. The summed E-state index contributed by atoms with van der Waals surface area (Å²) in [4.78, 5) is 11.4. The third-order valence-electron chi connectivity index (χ3n) is 3.74. The fourth-order valence-corrected chi connectivity index (χ4v) is 2.67. The normalized spacial score (nSPS) is 17.7. The van der Waals surface area contributed by atoms with Gasteiger partial charge in [-0.1, -0.05) is 49.9 Å². The zero-order chi connectivity index (χ0) is 12.1. The van der Waals surface area contributed by atoms with Crippen molar-refractivity contribution < 1.29 is 4.79 Å². The van der Waals surface area contributed by atoms with E-state index in [1.54, 1.807) is 0 Å². The lowest BCUT2D eigenvalue weighted by Crippen LogP contribution is -2.13. The molecule has 2 nitrogen and oxygen atoms in total. The van der Waals surface area contributed by atoms with Gasteiger partial charge >= 0.3 is 0 Å². The van der Waals surface area contributed by atoms with Gasteiger partial charge in [-0.05, 0) is 24.3 Å². The molecule has 0 saturated heterocycles. The molecule has 1 aromatic carbocycles. The molecule has 92 valence electrons. The minimum atomic E-state index is 0.0254. The van der Waals surface area contributed by atoms with Crippen LogP contribution in [0, 0.1) is 0 Å². The Morgan fingerprint density at radius 3 is 2.18 bits per heavy atom. The van der Waals surface area contributed by atoms with Gasteiger partial charge in [0, 0.05) is 5.56 Å². The Kier molecular flexibility index (Phi) is 4.32. The van der Waals surface area contributed by atoms with Gasteiger partial charge in [-0.15, -0.1) is 0 Å². The van der Waals surface area contributed by atoms with Gasteiger partial charge < -0.3 is 5.73 Å². The summed E-state index contributed by atoms with van der Waals surface area (Å²) in [5.74, 6) is 0.719. The monoisotopic (exact) mass is 231 g/mol. The van der Waals surface area contributed by atoms with E-state index >= 15 is 0 Å². The van der Waals surface area contributed by atoms with Crippen LogP contribution >= 0.6 is 0 Å². The molecule has 0 unspecified atom stereocenters. The number of hydrogen-bond acceptors (Lipinski definition) is 2. The number of Topliss-reactive ketones (excluding diaryl/α,β-unsaturated/α-hetero) is 1. The summed E-state index contributed by atoms with van der Waals surface area (Å²) in [5, 5.41) is 0. The van der Waals surface area contributed by atoms with E-state index in [1.807, 2.05) is 12.1 Å². The van der Waals surface area contributed by atoms with Crippen molar-refractivity contribution in [3.63, 3.8) is 0 Å². The van der Waals surface area contributed by atoms with E-state index < -0.39 is 0 Å². The van der Waals surface area contributed by atoms with Crippen molar-refractivity contribution >= 4 is 5.78 Å². The summed E-state index contributed by atoms with van der Waals surface area (Å²) in [6.07, 6.45) is 8.02. The molecule has 2 N–H and O–H groups in total. The summed E-state index contributed by atoms with van der Waals surface area (Å²) in [5.41, 5.74) is 7.49. The van der Waals surface area contributed by atoms with Gasteiger partial charge in [0.2, 0.25) is 0 Å². The van der Waals surface area contributed by atoms with Gasteiger partial charge in [0.15, 0.2) is 5.78 Å². The lowest BCUT2D eigenvalue weighted by Gasteiger charge is -2.14. The smallest absolute Gasteiger partial charge is 0.176 e. The van der Waals surface area contributed by atoms with Crippen LogP contribution in [0.15, 0.2) is 24.3 Å². The van der Waals surface area contributed by atoms with Crippen molar-refractivity contribution in [2.75, 3.05) is 6.54 Å². The molecule has 0 radical (unpaired) electrons. The third kappa shape index (κ3) is 3.16. The average molecular weight is 231 g/mol. The number of ketones is 1. The molecule has 1 fully saturated rings. The van der Waals surface area contributed by atoms with Gasteiger partial charge in [-0.2, -0.15) is 0 Å². The maximum atomic E-state index is 11.4. The molecule has 17 heavy (non-hydrogen) atoms. The van der Waals surface area contributed by atoms with E-state index in [4.69, 9.17) is 5.73 Å². The summed E-state index contributed by atoms with van der Waals surface area (Å²) in [7, 11) is 0. The van der Waals surface area contributed by atoms with Crippen LogP contribution in [0.1, 0.15) is 60.4 Å². The number of carbonyl (C=O) groups is 1. The molecule has 1 aromatic rings. The molecular formula is C15H21NO. The standard InChI is InChI=1S/C15H21NO/c16-11-15(17)14-9-7-13(8-10-14)12-5-3-1-2-4-6-12/h7-10,12H,1-6,11,16H2. The molecule has 0 atom stereocenters. The Hall–Kier alpha value is -1.15. The molecule has 0 heterocycles. The van der Waals surface area contributed by atoms with Gasteiger partial charge in [0.05, 0.1) is 6.54 Å². The molecular weight excluding hydrogens is 210 g/mol. The summed E-state index contributed by atoms with van der Waals surface area (Å²) in [6.45, 7) is 0.1000. The van der Waals surface area contributed by atoms with E-state index in [0.29, 0.717) is 5.92 Å². The van der Waals surface area contributed by atoms with E-state index in [2.05, 4.69) is 12.1 Å². The van der Waals surface area contributed by atoms with Crippen LogP contribution in [0.2, 0.25) is 0 Å². The number of nitrogens with two attached hydrogens (primary N) is 1. The lowest BCUT2D eigenvalue weighted by atomic mass is 9.91. The van der Waals surface area contributed by atoms with Crippen molar-refractivity contribution in [2.45, 2.75) is 44.4 Å². The Bertz CT molecular complexity index is 361. The molecule has 0 amide bonds. The highest BCUT2D eigenvalue weighted by atomic mass is 16.1. The highest BCUT2D eigenvalue weighted by Crippen LogP contribution is 2.31. The second-order valence-corrected chi connectivity index (χ2v) is 4.94. The van der Waals surface area contributed by atoms with E-state index in [9.17, 15) is 4.79 Å².